The van der Waals surface area contributed by atoms with Gasteiger partial charge in [-0.3, -0.25) is 4.90 Å². The fraction of sp³-hybridized carbons (Fsp3) is 0.375. The van der Waals surface area contributed by atoms with Crippen molar-refractivity contribution in [1.29, 1.82) is 0 Å². The molecule has 0 saturated heterocycles. The van der Waals surface area contributed by atoms with Crippen molar-refractivity contribution in [2.24, 2.45) is 5.73 Å². The van der Waals surface area contributed by atoms with Crippen LogP contribution in [0.3, 0.4) is 0 Å². The second-order valence-electron chi connectivity index (χ2n) is 5.10. The third kappa shape index (κ3) is 3.83. The lowest BCUT2D eigenvalue weighted by Crippen LogP contribution is -2.38. The maximum absolute atomic E-state index is 5.98. The number of nitrogens with zero attached hydrogens (tertiary/aromatic N) is 1. The molecular formula is C16H21ClN2S. The molecule has 4 heteroatoms. The first-order chi connectivity index (χ1) is 9.61. The monoisotopic (exact) mass is 308 g/mol. The molecule has 0 aliphatic heterocycles. The zero-order valence-corrected chi connectivity index (χ0v) is 13.5. The maximum atomic E-state index is 5.98. The Labute approximate surface area is 130 Å². The minimum atomic E-state index is 0.224. The normalized spacial score (nSPS) is 14.4. The van der Waals surface area contributed by atoms with Gasteiger partial charge >= 0.3 is 0 Å². The topological polar surface area (TPSA) is 29.3 Å². The van der Waals surface area contributed by atoms with E-state index < -0.39 is 0 Å². The molecule has 2 unspecified atom stereocenters. The van der Waals surface area contributed by atoms with Crippen LogP contribution in [0.15, 0.2) is 41.8 Å². The molecule has 0 radical (unpaired) electrons. The average molecular weight is 309 g/mol. The third-order valence-electron chi connectivity index (χ3n) is 3.74. The second-order valence-corrected chi connectivity index (χ2v) is 6.57. The van der Waals surface area contributed by atoms with Gasteiger partial charge in [0.25, 0.3) is 0 Å². The lowest BCUT2D eigenvalue weighted by molar-refractivity contribution is 0.188. The molecule has 0 bridgehead atoms. The van der Waals surface area contributed by atoms with Crippen LogP contribution in [-0.4, -0.2) is 24.5 Å². The molecule has 0 fully saturated rings. The molecule has 0 saturated carbocycles. The number of hydrogen-bond acceptors (Lipinski definition) is 3. The van der Waals surface area contributed by atoms with Crippen LogP contribution < -0.4 is 5.73 Å². The van der Waals surface area contributed by atoms with Crippen molar-refractivity contribution in [1.82, 2.24) is 4.90 Å². The van der Waals surface area contributed by atoms with Crippen molar-refractivity contribution in [3.05, 3.63) is 57.2 Å². The standard InChI is InChI=1S/C16H21ClN2S/c1-12(10-15-4-3-9-20-15)19(2)16(11-18)13-5-7-14(17)8-6-13/h3-9,12,16H,10-11,18H2,1-2H3. The van der Waals surface area contributed by atoms with Gasteiger partial charge in [-0.2, -0.15) is 0 Å². The second kappa shape index (κ2) is 7.23. The lowest BCUT2D eigenvalue weighted by Gasteiger charge is -2.32. The minimum absolute atomic E-state index is 0.224. The predicted molar refractivity (Wildman–Crippen MR) is 88.5 cm³/mol. The first-order valence-corrected chi connectivity index (χ1v) is 8.07. The number of hydrogen-bond donors (Lipinski definition) is 1. The molecule has 1 heterocycles. The third-order valence-corrected chi connectivity index (χ3v) is 4.89. The van der Waals surface area contributed by atoms with Crippen molar-refractivity contribution in [3.8, 4) is 0 Å². The Morgan fingerprint density at radius 1 is 1.25 bits per heavy atom. The van der Waals surface area contributed by atoms with E-state index in [9.17, 15) is 0 Å². The summed E-state index contributed by atoms with van der Waals surface area (Å²) in [6.07, 6.45) is 1.05. The smallest absolute Gasteiger partial charge is 0.0470 e. The van der Waals surface area contributed by atoms with Crippen LogP contribution in [0.2, 0.25) is 5.02 Å². The molecule has 2 rings (SSSR count). The van der Waals surface area contributed by atoms with Crippen LogP contribution in [0.4, 0.5) is 0 Å². The Balaban J connectivity index is 2.08. The fourth-order valence-electron chi connectivity index (χ4n) is 2.39. The van der Waals surface area contributed by atoms with E-state index in [4.69, 9.17) is 17.3 Å². The lowest BCUT2D eigenvalue weighted by atomic mass is 10.0. The molecule has 0 aliphatic rings. The van der Waals surface area contributed by atoms with Crippen molar-refractivity contribution < 1.29 is 0 Å². The highest BCUT2D eigenvalue weighted by molar-refractivity contribution is 7.09. The number of nitrogens with two attached hydrogens (primary N) is 1. The van der Waals surface area contributed by atoms with Gasteiger partial charge in [0.05, 0.1) is 0 Å². The highest BCUT2D eigenvalue weighted by Crippen LogP contribution is 2.24. The van der Waals surface area contributed by atoms with Gasteiger partial charge < -0.3 is 5.73 Å². The van der Waals surface area contributed by atoms with E-state index in [1.54, 1.807) is 0 Å². The molecule has 108 valence electrons. The van der Waals surface area contributed by atoms with E-state index >= 15 is 0 Å². The summed E-state index contributed by atoms with van der Waals surface area (Å²) in [5.74, 6) is 0. The summed E-state index contributed by atoms with van der Waals surface area (Å²) in [5, 5.41) is 2.89. The van der Waals surface area contributed by atoms with Crippen LogP contribution in [0, 0.1) is 0 Å². The van der Waals surface area contributed by atoms with Crippen molar-refractivity contribution in [2.45, 2.75) is 25.4 Å². The van der Waals surface area contributed by atoms with Crippen LogP contribution in [0.25, 0.3) is 0 Å². The van der Waals surface area contributed by atoms with Crippen molar-refractivity contribution >= 4 is 22.9 Å². The average Bonchev–Trinajstić information content (AvgIpc) is 2.94. The summed E-state index contributed by atoms with van der Waals surface area (Å²) in [5.41, 5.74) is 7.20. The molecule has 2 nitrogen and oxygen atoms in total. The quantitative estimate of drug-likeness (QED) is 0.875. The molecule has 0 spiro atoms. The van der Waals surface area contributed by atoms with E-state index in [-0.39, 0.29) is 6.04 Å². The van der Waals surface area contributed by atoms with Crippen LogP contribution in [0.1, 0.15) is 23.4 Å². The molecular weight excluding hydrogens is 288 g/mol. The highest BCUT2D eigenvalue weighted by atomic mass is 35.5. The highest BCUT2D eigenvalue weighted by Gasteiger charge is 2.20. The van der Waals surface area contributed by atoms with E-state index in [0.717, 1.165) is 11.4 Å². The van der Waals surface area contributed by atoms with Crippen molar-refractivity contribution in [3.63, 3.8) is 0 Å². The van der Waals surface area contributed by atoms with Gasteiger partial charge in [0.1, 0.15) is 0 Å². The molecule has 20 heavy (non-hydrogen) atoms. The Morgan fingerprint density at radius 2 is 1.95 bits per heavy atom. The molecule has 1 aromatic carbocycles. The molecule has 0 aliphatic carbocycles. The summed E-state index contributed by atoms with van der Waals surface area (Å²) in [4.78, 5) is 3.76. The van der Waals surface area contributed by atoms with Crippen LogP contribution >= 0.6 is 22.9 Å². The molecule has 1 aromatic heterocycles. The fourth-order valence-corrected chi connectivity index (χ4v) is 3.35. The summed E-state index contributed by atoms with van der Waals surface area (Å²) < 4.78 is 0. The number of benzene rings is 1. The van der Waals surface area contributed by atoms with E-state index in [1.165, 1.54) is 10.4 Å². The Morgan fingerprint density at radius 3 is 2.50 bits per heavy atom. The largest absolute Gasteiger partial charge is 0.329 e. The zero-order valence-electron chi connectivity index (χ0n) is 11.9. The number of rotatable bonds is 6. The zero-order chi connectivity index (χ0) is 14.5. The molecule has 2 aromatic rings. The van der Waals surface area contributed by atoms with Gasteiger partial charge in [0, 0.05) is 28.5 Å². The Bertz CT molecular complexity index is 510. The molecule has 2 atom stereocenters. The Hall–Kier alpha value is -0.870. The van der Waals surface area contributed by atoms with Gasteiger partial charge in [0.2, 0.25) is 0 Å². The summed E-state index contributed by atoms with van der Waals surface area (Å²) in [6.45, 7) is 2.85. The number of halogens is 1. The van der Waals surface area contributed by atoms with Gasteiger partial charge in [-0.15, -0.1) is 11.3 Å². The summed E-state index contributed by atoms with van der Waals surface area (Å²) in [7, 11) is 2.14. The first-order valence-electron chi connectivity index (χ1n) is 6.81. The Kier molecular flexibility index (Phi) is 5.61. The maximum Gasteiger partial charge on any atom is 0.0470 e. The van der Waals surface area contributed by atoms with Crippen LogP contribution in [0.5, 0.6) is 0 Å². The van der Waals surface area contributed by atoms with E-state index in [0.29, 0.717) is 12.6 Å². The predicted octanol–water partition coefficient (Wildman–Crippen LogP) is 3.96. The van der Waals surface area contributed by atoms with Gasteiger partial charge in [0.15, 0.2) is 0 Å². The number of thiophene rings is 1. The van der Waals surface area contributed by atoms with Gasteiger partial charge in [-0.1, -0.05) is 29.8 Å². The van der Waals surface area contributed by atoms with Gasteiger partial charge in [-0.25, -0.2) is 0 Å². The number of likely N-dealkylation sites (N-methyl/N-ethyl adjacent to an activating group) is 1. The van der Waals surface area contributed by atoms with Gasteiger partial charge in [-0.05, 0) is 49.5 Å². The van der Waals surface area contributed by atoms with E-state index in [2.05, 4.69) is 48.5 Å². The summed E-state index contributed by atoms with van der Waals surface area (Å²) in [6, 6.07) is 12.9. The molecule has 2 N–H and O–H groups in total. The summed E-state index contributed by atoms with van der Waals surface area (Å²) >= 11 is 7.76. The SMILES string of the molecule is CC(Cc1cccs1)N(C)C(CN)c1ccc(Cl)cc1. The van der Waals surface area contributed by atoms with Crippen molar-refractivity contribution in [2.75, 3.05) is 13.6 Å². The minimum Gasteiger partial charge on any atom is -0.329 e. The first kappa shape index (κ1) is 15.5. The van der Waals surface area contributed by atoms with E-state index in [1.807, 2.05) is 23.5 Å². The molecule has 0 amide bonds. The van der Waals surface area contributed by atoms with Crippen LogP contribution in [-0.2, 0) is 6.42 Å².